The molecule has 2 heterocycles. The zero-order valence-electron chi connectivity index (χ0n) is 20.1. The van der Waals surface area contributed by atoms with Crippen LogP contribution >= 0.6 is 0 Å². The Hall–Kier alpha value is -4.53. The number of methoxy groups -OCH3 is 1. The quantitative estimate of drug-likeness (QED) is 0.357. The van der Waals surface area contributed by atoms with Gasteiger partial charge in [-0.25, -0.2) is 4.79 Å². The van der Waals surface area contributed by atoms with Crippen LogP contribution in [-0.4, -0.2) is 38.5 Å². The number of phenols is 1. The van der Waals surface area contributed by atoms with E-state index < -0.39 is 0 Å². The van der Waals surface area contributed by atoms with E-state index in [2.05, 4.69) is 15.7 Å². The van der Waals surface area contributed by atoms with Crippen molar-refractivity contribution >= 4 is 17.6 Å². The highest BCUT2D eigenvalue weighted by Gasteiger charge is 2.30. The van der Waals surface area contributed by atoms with Gasteiger partial charge in [0.05, 0.1) is 18.5 Å². The predicted octanol–water partition coefficient (Wildman–Crippen LogP) is 4.49. The largest absolute Gasteiger partial charge is 0.507 e. The van der Waals surface area contributed by atoms with Gasteiger partial charge in [0.15, 0.2) is 0 Å². The van der Waals surface area contributed by atoms with Crippen molar-refractivity contribution in [3.63, 3.8) is 0 Å². The molecule has 0 atom stereocenters. The molecule has 5 rings (SSSR count). The number of hydrogen-bond acceptors (Lipinski definition) is 5. The van der Waals surface area contributed by atoms with E-state index in [0.29, 0.717) is 29.2 Å². The molecule has 9 heteroatoms. The Labute approximate surface area is 208 Å². The molecule has 1 aliphatic carbocycles. The summed E-state index contributed by atoms with van der Waals surface area (Å²) in [5, 5.41) is 20.9. The van der Waals surface area contributed by atoms with E-state index >= 15 is 0 Å². The second kappa shape index (κ2) is 9.61. The van der Waals surface area contributed by atoms with Crippen LogP contribution in [0.25, 0.3) is 11.3 Å². The molecule has 3 N–H and O–H groups in total. The minimum atomic E-state index is -0.329. The van der Waals surface area contributed by atoms with Crippen molar-refractivity contribution in [3.05, 3.63) is 83.8 Å². The summed E-state index contributed by atoms with van der Waals surface area (Å²) in [5.74, 6) is 0.709. The summed E-state index contributed by atoms with van der Waals surface area (Å²) in [6, 6.07) is 17.4. The maximum absolute atomic E-state index is 13.0. The number of hydrogen-bond donors (Lipinski definition) is 3. The van der Waals surface area contributed by atoms with E-state index in [1.807, 2.05) is 30.3 Å². The predicted molar refractivity (Wildman–Crippen MR) is 135 cm³/mol. The number of benzene rings is 2. The average molecular weight is 486 g/mol. The second-order valence-corrected chi connectivity index (χ2v) is 8.84. The minimum absolute atomic E-state index is 0.0367. The normalized spacial score (nSPS) is 12.8. The first-order valence-electron chi connectivity index (χ1n) is 11.7. The first kappa shape index (κ1) is 23.2. The molecule has 1 fully saturated rings. The maximum atomic E-state index is 13.0. The molecule has 0 bridgehead atoms. The fourth-order valence-electron chi connectivity index (χ4n) is 4.07. The zero-order valence-corrected chi connectivity index (χ0v) is 20.1. The number of anilines is 1. The first-order valence-corrected chi connectivity index (χ1v) is 11.7. The molecule has 0 spiro atoms. The third-order valence-electron chi connectivity index (χ3n) is 6.24. The van der Waals surface area contributed by atoms with Gasteiger partial charge in [-0.1, -0.05) is 12.1 Å². The zero-order chi connectivity index (χ0) is 25.2. The van der Waals surface area contributed by atoms with Gasteiger partial charge in [-0.2, -0.15) is 9.78 Å². The highest BCUT2D eigenvalue weighted by molar-refractivity contribution is 6.03. The molecular formula is C27H27N5O4. The number of amides is 2. The number of aromatic nitrogens is 3. The van der Waals surface area contributed by atoms with Crippen LogP contribution in [0.4, 0.5) is 10.5 Å². The van der Waals surface area contributed by atoms with Crippen LogP contribution in [0.3, 0.4) is 0 Å². The second-order valence-electron chi connectivity index (χ2n) is 8.84. The van der Waals surface area contributed by atoms with Crippen LogP contribution < -0.4 is 15.4 Å². The molecule has 2 aromatic heterocycles. The number of rotatable bonds is 7. The van der Waals surface area contributed by atoms with E-state index in [9.17, 15) is 14.7 Å². The summed E-state index contributed by atoms with van der Waals surface area (Å²) in [7, 11) is 3.40. The Balaban J connectivity index is 1.33. The van der Waals surface area contributed by atoms with E-state index in [-0.39, 0.29) is 23.6 Å². The topological polar surface area (TPSA) is 110 Å². The first-order chi connectivity index (χ1) is 17.4. The van der Waals surface area contributed by atoms with Crippen molar-refractivity contribution in [2.75, 3.05) is 12.4 Å². The van der Waals surface area contributed by atoms with E-state index in [1.54, 1.807) is 49.2 Å². The SMILES string of the molecule is COc1ccc(CNC(=O)n2nc(-c3ccc(NC(=O)c4cccn4C)cc3O)cc2C2CC2)cc1. The van der Waals surface area contributed by atoms with Gasteiger partial charge < -0.3 is 25.0 Å². The van der Waals surface area contributed by atoms with Gasteiger partial charge in [0.25, 0.3) is 5.91 Å². The smallest absolute Gasteiger partial charge is 0.342 e. The Morgan fingerprint density at radius 1 is 1.11 bits per heavy atom. The molecule has 0 aliphatic heterocycles. The lowest BCUT2D eigenvalue weighted by Gasteiger charge is -2.09. The third-order valence-corrected chi connectivity index (χ3v) is 6.24. The van der Waals surface area contributed by atoms with E-state index in [1.165, 1.54) is 10.7 Å². The van der Waals surface area contributed by atoms with Crippen molar-refractivity contribution in [1.29, 1.82) is 0 Å². The van der Waals surface area contributed by atoms with Gasteiger partial charge in [-0.3, -0.25) is 4.79 Å². The van der Waals surface area contributed by atoms with Gasteiger partial charge in [-0.05, 0) is 60.9 Å². The van der Waals surface area contributed by atoms with Crippen LogP contribution in [-0.2, 0) is 13.6 Å². The monoisotopic (exact) mass is 485 g/mol. The fraction of sp³-hybridized carbons (Fsp3) is 0.222. The Morgan fingerprint density at radius 3 is 2.53 bits per heavy atom. The highest BCUT2D eigenvalue weighted by Crippen LogP contribution is 2.42. The molecule has 1 saturated carbocycles. The summed E-state index contributed by atoms with van der Waals surface area (Å²) in [4.78, 5) is 25.5. The van der Waals surface area contributed by atoms with Gasteiger partial charge in [0.1, 0.15) is 17.2 Å². The lowest BCUT2D eigenvalue weighted by atomic mass is 10.1. The lowest BCUT2D eigenvalue weighted by Crippen LogP contribution is -2.30. The van der Waals surface area contributed by atoms with Gasteiger partial charge >= 0.3 is 6.03 Å². The standard InChI is InChI=1S/C27H27N5O4/c1-31-13-3-4-23(31)26(34)29-19-9-12-21(25(33)14-19)22-15-24(18-7-8-18)32(30-22)27(35)28-16-17-5-10-20(36-2)11-6-17/h3-6,9-15,18,33H,7-8,16H2,1-2H3,(H,28,35)(H,29,34). The average Bonchev–Trinajstić information content (AvgIpc) is 3.48. The maximum Gasteiger partial charge on any atom is 0.342 e. The van der Waals surface area contributed by atoms with Gasteiger partial charge in [-0.15, -0.1) is 0 Å². The molecule has 2 amide bonds. The van der Waals surface area contributed by atoms with Crippen LogP contribution in [0.1, 0.15) is 40.5 Å². The number of aromatic hydroxyl groups is 1. The molecule has 2 aromatic carbocycles. The van der Waals surface area contributed by atoms with Crippen molar-refractivity contribution in [1.82, 2.24) is 19.7 Å². The van der Waals surface area contributed by atoms with E-state index in [0.717, 1.165) is 29.8 Å². The Kier molecular flexibility index (Phi) is 6.20. The molecule has 4 aromatic rings. The van der Waals surface area contributed by atoms with Crippen molar-refractivity contribution in [3.8, 4) is 22.8 Å². The van der Waals surface area contributed by atoms with Crippen molar-refractivity contribution in [2.24, 2.45) is 7.05 Å². The number of ether oxygens (including phenoxy) is 1. The number of phenolic OH excluding ortho intramolecular Hbond substituents is 1. The summed E-state index contributed by atoms with van der Waals surface area (Å²) < 4.78 is 8.28. The van der Waals surface area contributed by atoms with Crippen LogP contribution in [0.15, 0.2) is 66.9 Å². The lowest BCUT2D eigenvalue weighted by molar-refractivity contribution is 0.101. The molecule has 184 valence electrons. The number of nitrogens with one attached hydrogen (secondary N) is 2. The molecule has 36 heavy (non-hydrogen) atoms. The molecule has 9 nitrogen and oxygen atoms in total. The minimum Gasteiger partial charge on any atom is -0.507 e. The number of nitrogens with zero attached hydrogens (tertiary/aromatic N) is 3. The molecule has 0 unspecified atom stereocenters. The number of aryl methyl sites for hydroxylation is 1. The molecular weight excluding hydrogens is 458 g/mol. The summed E-state index contributed by atoms with van der Waals surface area (Å²) >= 11 is 0. The summed E-state index contributed by atoms with van der Waals surface area (Å²) in [6.07, 6.45) is 3.77. The van der Waals surface area contributed by atoms with Gasteiger partial charge in [0, 0.05) is 43.0 Å². The summed E-state index contributed by atoms with van der Waals surface area (Å²) in [6.45, 7) is 0.350. The van der Waals surface area contributed by atoms with Crippen LogP contribution in [0, 0.1) is 0 Å². The van der Waals surface area contributed by atoms with Crippen molar-refractivity contribution < 1.29 is 19.4 Å². The summed E-state index contributed by atoms with van der Waals surface area (Å²) in [5.41, 5.74) is 3.70. The molecule has 0 radical (unpaired) electrons. The van der Waals surface area contributed by atoms with Crippen molar-refractivity contribution in [2.45, 2.75) is 25.3 Å². The number of carbonyl (C=O) groups is 2. The van der Waals surface area contributed by atoms with Crippen LogP contribution in [0.5, 0.6) is 11.5 Å². The molecule has 0 saturated heterocycles. The van der Waals surface area contributed by atoms with Gasteiger partial charge in [0.2, 0.25) is 0 Å². The third kappa shape index (κ3) is 4.81. The Bertz CT molecular complexity index is 1420. The number of carbonyl (C=O) groups excluding carboxylic acids is 2. The molecule has 1 aliphatic rings. The van der Waals surface area contributed by atoms with E-state index in [4.69, 9.17) is 4.74 Å². The Morgan fingerprint density at radius 2 is 1.89 bits per heavy atom. The highest BCUT2D eigenvalue weighted by atomic mass is 16.5. The fourth-order valence-corrected chi connectivity index (χ4v) is 4.07. The van der Waals surface area contributed by atoms with Crippen LogP contribution in [0.2, 0.25) is 0 Å².